The molecule has 0 saturated carbocycles. The van der Waals surface area contributed by atoms with Crippen LogP contribution in [0.15, 0.2) is 24.3 Å². The number of nitrogens with zero attached hydrogens (tertiary/aromatic N) is 1. The van der Waals surface area contributed by atoms with Gasteiger partial charge in [0.2, 0.25) is 0 Å². The molecule has 1 fully saturated rings. The lowest BCUT2D eigenvalue weighted by Crippen LogP contribution is -2.51. The zero-order valence-corrected chi connectivity index (χ0v) is 12.6. The molecule has 1 aromatic carbocycles. The summed E-state index contributed by atoms with van der Waals surface area (Å²) in [5.41, 5.74) is 0.818. The molecule has 1 aliphatic rings. The average Bonchev–Trinajstić information content (AvgIpc) is 2.50. The minimum atomic E-state index is -0.198. The van der Waals surface area contributed by atoms with Crippen molar-refractivity contribution >= 4 is 5.69 Å². The summed E-state index contributed by atoms with van der Waals surface area (Å²) in [5.74, 6) is 0.839. The third-order valence-electron chi connectivity index (χ3n) is 4.13. The van der Waals surface area contributed by atoms with E-state index in [2.05, 4.69) is 17.1 Å². The Labute approximate surface area is 121 Å². The second kappa shape index (κ2) is 6.95. The minimum Gasteiger partial charge on any atom is -0.497 e. The zero-order chi connectivity index (χ0) is 14.4. The predicted molar refractivity (Wildman–Crippen MR) is 82.4 cm³/mol. The maximum atomic E-state index is 9.83. The van der Waals surface area contributed by atoms with E-state index in [0.29, 0.717) is 0 Å². The smallest absolute Gasteiger partial charge is 0.120 e. The van der Waals surface area contributed by atoms with Crippen LogP contribution in [0.2, 0.25) is 0 Å². The average molecular weight is 278 g/mol. The highest BCUT2D eigenvalue weighted by molar-refractivity contribution is 5.50. The Hall–Kier alpha value is -1.26. The van der Waals surface area contributed by atoms with E-state index in [1.54, 1.807) is 7.11 Å². The van der Waals surface area contributed by atoms with Crippen molar-refractivity contribution in [1.82, 2.24) is 4.90 Å². The standard InChI is InChI=1S/C16H26N2O2/c1-3-9-18-10-7-16(13-19,8-11-18)17-14-5-4-6-15(12-14)20-2/h4-6,12,17,19H,3,7-11,13H2,1-2H3. The molecule has 0 aromatic heterocycles. The summed E-state index contributed by atoms with van der Waals surface area (Å²) in [6, 6.07) is 7.91. The number of aliphatic hydroxyl groups is 1. The SMILES string of the molecule is CCCN1CCC(CO)(Nc2cccc(OC)c2)CC1. The van der Waals surface area contributed by atoms with Gasteiger partial charge in [-0.1, -0.05) is 13.0 Å². The van der Waals surface area contributed by atoms with E-state index in [-0.39, 0.29) is 12.1 Å². The Bertz CT molecular complexity index is 415. The van der Waals surface area contributed by atoms with Crippen LogP contribution in [0.1, 0.15) is 26.2 Å². The summed E-state index contributed by atoms with van der Waals surface area (Å²) >= 11 is 0. The Morgan fingerprint density at radius 2 is 2.10 bits per heavy atom. The van der Waals surface area contributed by atoms with Crippen LogP contribution in [0.25, 0.3) is 0 Å². The number of rotatable bonds is 6. The molecule has 4 nitrogen and oxygen atoms in total. The van der Waals surface area contributed by atoms with Crippen molar-refractivity contribution < 1.29 is 9.84 Å². The van der Waals surface area contributed by atoms with Gasteiger partial charge < -0.3 is 20.1 Å². The lowest BCUT2D eigenvalue weighted by Gasteiger charge is -2.42. The first kappa shape index (κ1) is 15.1. The van der Waals surface area contributed by atoms with E-state index in [1.807, 2.05) is 24.3 Å². The van der Waals surface area contributed by atoms with Crippen molar-refractivity contribution in [3.05, 3.63) is 24.3 Å². The molecule has 2 N–H and O–H groups in total. The van der Waals surface area contributed by atoms with E-state index < -0.39 is 0 Å². The molecule has 1 saturated heterocycles. The Kier molecular flexibility index (Phi) is 5.26. The number of benzene rings is 1. The molecule has 1 heterocycles. The van der Waals surface area contributed by atoms with Crippen LogP contribution in [-0.4, -0.2) is 48.9 Å². The van der Waals surface area contributed by atoms with Crippen molar-refractivity contribution in [2.45, 2.75) is 31.7 Å². The topological polar surface area (TPSA) is 44.7 Å². The number of hydrogen-bond donors (Lipinski definition) is 2. The van der Waals surface area contributed by atoms with E-state index in [9.17, 15) is 5.11 Å². The van der Waals surface area contributed by atoms with Crippen molar-refractivity contribution in [3.8, 4) is 5.75 Å². The molecule has 1 aromatic rings. The van der Waals surface area contributed by atoms with Gasteiger partial charge in [0, 0.05) is 24.8 Å². The maximum absolute atomic E-state index is 9.83. The monoisotopic (exact) mass is 278 g/mol. The fourth-order valence-electron chi connectivity index (χ4n) is 2.85. The fourth-order valence-corrected chi connectivity index (χ4v) is 2.85. The van der Waals surface area contributed by atoms with E-state index in [0.717, 1.165) is 43.9 Å². The second-order valence-corrected chi connectivity index (χ2v) is 5.64. The van der Waals surface area contributed by atoms with Crippen LogP contribution in [0, 0.1) is 0 Å². The normalized spacial score (nSPS) is 18.8. The molecule has 4 heteroatoms. The molecule has 0 radical (unpaired) electrons. The molecule has 1 aliphatic heterocycles. The van der Waals surface area contributed by atoms with Crippen LogP contribution >= 0.6 is 0 Å². The van der Waals surface area contributed by atoms with Crippen LogP contribution in [-0.2, 0) is 0 Å². The van der Waals surface area contributed by atoms with Crippen LogP contribution in [0.4, 0.5) is 5.69 Å². The first-order chi connectivity index (χ1) is 9.71. The molecule has 0 bridgehead atoms. The third kappa shape index (κ3) is 3.64. The first-order valence-corrected chi connectivity index (χ1v) is 7.47. The van der Waals surface area contributed by atoms with Crippen LogP contribution in [0.3, 0.4) is 0 Å². The molecule has 112 valence electrons. The predicted octanol–water partition coefficient (Wildman–Crippen LogP) is 2.34. The lowest BCUT2D eigenvalue weighted by atomic mass is 9.87. The van der Waals surface area contributed by atoms with Gasteiger partial charge in [-0.3, -0.25) is 0 Å². The van der Waals surface area contributed by atoms with Gasteiger partial charge in [-0.2, -0.15) is 0 Å². The minimum absolute atomic E-state index is 0.171. The number of ether oxygens (including phenoxy) is 1. The highest BCUT2D eigenvalue weighted by Crippen LogP contribution is 2.28. The Morgan fingerprint density at radius 3 is 2.70 bits per heavy atom. The van der Waals surface area contributed by atoms with Crippen molar-refractivity contribution in [2.75, 3.05) is 38.7 Å². The molecule has 0 atom stereocenters. The largest absolute Gasteiger partial charge is 0.497 e. The van der Waals surface area contributed by atoms with E-state index in [1.165, 1.54) is 6.42 Å². The van der Waals surface area contributed by atoms with Gasteiger partial charge in [-0.05, 0) is 37.9 Å². The fraction of sp³-hybridized carbons (Fsp3) is 0.625. The molecule has 20 heavy (non-hydrogen) atoms. The van der Waals surface area contributed by atoms with Crippen molar-refractivity contribution in [3.63, 3.8) is 0 Å². The number of nitrogens with one attached hydrogen (secondary N) is 1. The lowest BCUT2D eigenvalue weighted by molar-refractivity contribution is 0.119. The third-order valence-corrected chi connectivity index (χ3v) is 4.13. The van der Waals surface area contributed by atoms with Crippen LogP contribution in [0.5, 0.6) is 5.75 Å². The van der Waals surface area contributed by atoms with Gasteiger partial charge in [0.15, 0.2) is 0 Å². The molecule has 0 amide bonds. The summed E-state index contributed by atoms with van der Waals surface area (Å²) in [6.45, 7) is 5.63. The summed E-state index contributed by atoms with van der Waals surface area (Å²) in [5, 5.41) is 13.4. The van der Waals surface area contributed by atoms with Crippen molar-refractivity contribution in [2.24, 2.45) is 0 Å². The summed E-state index contributed by atoms with van der Waals surface area (Å²) in [7, 11) is 1.67. The molecular weight excluding hydrogens is 252 g/mol. The number of piperidine rings is 1. The number of aliphatic hydroxyl groups excluding tert-OH is 1. The zero-order valence-electron chi connectivity index (χ0n) is 12.6. The quantitative estimate of drug-likeness (QED) is 0.838. The maximum Gasteiger partial charge on any atom is 0.120 e. The number of hydrogen-bond acceptors (Lipinski definition) is 4. The number of likely N-dealkylation sites (tertiary alicyclic amines) is 1. The highest BCUT2D eigenvalue weighted by atomic mass is 16.5. The van der Waals surface area contributed by atoms with Gasteiger partial charge in [0.05, 0.1) is 19.3 Å². The molecule has 0 unspecified atom stereocenters. The van der Waals surface area contributed by atoms with Gasteiger partial charge in [-0.25, -0.2) is 0 Å². The van der Waals surface area contributed by atoms with Gasteiger partial charge in [0.25, 0.3) is 0 Å². The molecule has 2 rings (SSSR count). The summed E-state index contributed by atoms with van der Waals surface area (Å²) in [6.07, 6.45) is 3.14. The number of methoxy groups -OCH3 is 1. The van der Waals surface area contributed by atoms with E-state index in [4.69, 9.17) is 4.74 Å². The highest BCUT2D eigenvalue weighted by Gasteiger charge is 2.33. The molecular formula is C16H26N2O2. The van der Waals surface area contributed by atoms with E-state index >= 15 is 0 Å². The summed E-state index contributed by atoms with van der Waals surface area (Å²) in [4.78, 5) is 2.47. The molecule has 0 aliphatic carbocycles. The Balaban J connectivity index is 2.01. The summed E-state index contributed by atoms with van der Waals surface area (Å²) < 4.78 is 5.25. The second-order valence-electron chi connectivity index (χ2n) is 5.64. The molecule has 0 spiro atoms. The van der Waals surface area contributed by atoms with Gasteiger partial charge in [-0.15, -0.1) is 0 Å². The van der Waals surface area contributed by atoms with Gasteiger partial charge >= 0.3 is 0 Å². The number of anilines is 1. The van der Waals surface area contributed by atoms with Gasteiger partial charge in [0.1, 0.15) is 5.75 Å². The first-order valence-electron chi connectivity index (χ1n) is 7.47. The van der Waals surface area contributed by atoms with Crippen LogP contribution < -0.4 is 10.1 Å². The van der Waals surface area contributed by atoms with Crippen molar-refractivity contribution in [1.29, 1.82) is 0 Å². The Morgan fingerprint density at radius 1 is 1.35 bits per heavy atom.